The van der Waals surface area contributed by atoms with Crippen LogP contribution in [0.4, 0.5) is 0 Å². The first-order valence-corrected chi connectivity index (χ1v) is 8.15. The van der Waals surface area contributed by atoms with Crippen molar-refractivity contribution >= 4 is 5.91 Å². The maximum atomic E-state index is 12.8. The molecule has 1 aliphatic rings. The quantitative estimate of drug-likeness (QED) is 0.862. The summed E-state index contributed by atoms with van der Waals surface area (Å²) in [7, 11) is 3.28. The van der Waals surface area contributed by atoms with E-state index in [-0.39, 0.29) is 11.9 Å². The predicted molar refractivity (Wildman–Crippen MR) is 90.5 cm³/mol. The Kier molecular flexibility index (Phi) is 4.74. The number of ether oxygens (including phenoxy) is 2. The van der Waals surface area contributed by atoms with Gasteiger partial charge < -0.3 is 14.4 Å². The van der Waals surface area contributed by atoms with E-state index in [4.69, 9.17) is 9.47 Å². The number of nitrogens with zero attached hydrogens (tertiary/aromatic N) is 3. The molecular weight excluding hydrogens is 306 g/mol. The number of rotatable bonds is 4. The van der Waals surface area contributed by atoms with Gasteiger partial charge in [-0.3, -0.25) is 9.48 Å². The van der Waals surface area contributed by atoms with Crippen LogP contribution in [0.15, 0.2) is 30.6 Å². The first-order valence-electron chi connectivity index (χ1n) is 8.15. The lowest BCUT2D eigenvalue weighted by Crippen LogP contribution is -2.38. The number of carbonyl (C=O) groups excluding carboxylic acids is 1. The second-order valence-electron chi connectivity index (χ2n) is 5.96. The Morgan fingerprint density at radius 3 is 2.17 bits per heavy atom. The van der Waals surface area contributed by atoms with Gasteiger partial charge in [0, 0.05) is 25.5 Å². The van der Waals surface area contributed by atoms with E-state index in [0.29, 0.717) is 13.1 Å². The Hall–Kier alpha value is -2.50. The molecule has 0 N–H and O–H groups in total. The lowest BCUT2D eigenvalue weighted by Gasteiger charge is -2.24. The molecular formula is C18H23N3O3. The highest BCUT2D eigenvalue weighted by Gasteiger charge is 2.25. The van der Waals surface area contributed by atoms with Gasteiger partial charge in [0.05, 0.1) is 14.2 Å². The Bertz CT molecular complexity index is 678. The van der Waals surface area contributed by atoms with Crippen LogP contribution in [0.2, 0.25) is 0 Å². The summed E-state index contributed by atoms with van der Waals surface area (Å²) in [5.41, 5.74) is 2.43. The van der Waals surface area contributed by atoms with E-state index < -0.39 is 0 Å². The van der Waals surface area contributed by atoms with Gasteiger partial charge in [-0.25, -0.2) is 0 Å². The van der Waals surface area contributed by atoms with Crippen molar-refractivity contribution in [3.8, 4) is 11.5 Å². The number of hydrogen-bond donors (Lipinski definition) is 0. The van der Waals surface area contributed by atoms with Gasteiger partial charge in [0.15, 0.2) is 11.5 Å². The first-order chi connectivity index (χ1) is 11.6. The summed E-state index contributed by atoms with van der Waals surface area (Å²) in [5.74, 6) is 1.58. The number of benzene rings is 1. The fourth-order valence-electron chi connectivity index (χ4n) is 3.16. The Labute approximate surface area is 142 Å². The van der Waals surface area contributed by atoms with E-state index in [1.54, 1.807) is 25.1 Å². The van der Waals surface area contributed by atoms with Gasteiger partial charge in [0.1, 0.15) is 6.04 Å². The van der Waals surface area contributed by atoms with Crippen LogP contribution in [-0.2, 0) is 17.6 Å². The number of carbonyl (C=O) groups is 1. The molecule has 0 aliphatic carbocycles. The normalized spacial score (nSPS) is 15.4. The SMILES string of the molecule is COc1cc2c(cc1OC)CCN(C(=O)C(C)n1cccn1)CC2. The van der Waals surface area contributed by atoms with Crippen molar-refractivity contribution in [2.24, 2.45) is 0 Å². The molecule has 6 heteroatoms. The molecule has 1 aliphatic heterocycles. The molecule has 1 atom stereocenters. The van der Waals surface area contributed by atoms with E-state index in [1.165, 1.54) is 11.1 Å². The molecule has 0 saturated carbocycles. The molecule has 1 unspecified atom stereocenters. The zero-order valence-electron chi connectivity index (χ0n) is 14.4. The van der Waals surface area contributed by atoms with Crippen LogP contribution >= 0.6 is 0 Å². The molecule has 24 heavy (non-hydrogen) atoms. The van der Waals surface area contributed by atoms with Gasteiger partial charge in [0.25, 0.3) is 0 Å². The molecule has 6 nitrogen and oxygen atoms in total. The van der Waals surface area contributed by atoms with E-state index in [0.717, 1.165) is 24.3 Å². The van der Waals surface area contributed by atoms with Gasteiger partial charge in [0.2, 0.25) is 5.91 Å². The first kappa shape index (κ1) is 16.4. The molecule has 3 rings (SSSR count). The number of aromatic nitrogens is 2. The summed E-state index contributed by atoms with van der Waals surface area (Å²) in [6.45, 7) is 3.29. The lowest BCUT2D eigenvalue weighted by molar-refractivity contribution is -0.134. The Balaban J connectivity index is 1.77. The predicted octanol–water partition coefficient (Wildman–Crippen LogP) is 2.09. The minimum absolute atomic E-state index is 0.102. The summed E-state index contributed by atoms with van der Waals surface area (Å²) in [6.07, 6.45) is 5.14. The van der Waals surface area contributed by atoms with Crippen LogP contribution in [0.1, 0.15) is 24.1 Å². The van der Waals surface area contributed by atoms with E-state index in [9.17, 15) is 4.79 Å². The molecule has 1 aromatic carbocycles. The van der Waals surface area contributed by atoms with Crippen LogP contribution < -0.4 is 9.47 Å². The van der Waals surface area contributed by atoms with Crippen LogP contribution in [0, 0.1) is 0 Å². The number of amides is 1. The minimum Gasteiger partial charge on any atom is -0.493 e. The standard InChI is InChI=1S/C18H23N3O3/c1-13(21-8-4-7-19-21)18(22)20-9-5-14-11-16(23-2)17(24-3)12-15(14)6-10-20/h4,7-8,11-13H,5-6,9-10H2,1-3H3. The van der Waals surface area contributed by atoms with Crippen LogP contribution in [0.3, 0.4) is 0 Å². The number of hydrogen-bond acceptors (Lipinski definition) is 4. The topological polar surface area (TPSA) is 56.6 Å². The minimum atomic E-state index is -0.287. The third kappa shape index (κ3) is 3.09. The maximum Gasteiger partial charge on any atom is 0.247 e. The largest absolute Gasteiger partial charge is 0.493 e. The van der Waals surface area contributed by atoms with Crippen molar-refractivity contribution in [2.45, 2.75) is 25.8 Å². The van der Waals surface area contributed by atoms with Gasteiger partial charge >= 0.3 is 0 Å². The third-order valence-corrected chi connectivity index (χ3v) is 4.60. The summed E-state index contributed by atoms with van der Waals surface area (Å²) < 4.78 is 12.5. The molecule has 1 aromatic heterocycles. The number of fused-ring (bicyclic) bond motifs is 1. The van der Waals surface area contributed by atoms with Crippen LogP contribution in [0.5, 0.6) is 11.5 Å². The average Bonchev–Trinajstić information content (AvgIpc) is 3.07. The van der Waals surface area contributed by atoms with E-state index in [1.807, 2.05) is 36.2 Å². The summed E-state index contributed by atoms with van der Waals surface area (Å²) in [6, 6.07) is 5.60. The molecule has 2 heterocycles. The fraction of sp³-hybridized carbons (Fsp3) is 0.444. The maximum absolute atomic E-state index is 12.8. The van der Waals surface area contributed by atoms with Crippen LogP contribution in [0.25, 0.3) is 0 Å². The van der Waals surface area contributed by atoms with Crippen LogP contribution in [-0.4, -0.2) is 47.9 Å². The molecule has 2 aromatic rings. The van der Waals surface area contributed by atoms with Gasteiger partial charge in [-0.15, -0.1) is 0 Å². The lowest BCUT2D eigenvalue weighted by atomic mass is 10.0. The zero-order valence-corrected chi connectivity index (χ0v) is 14.4. The van der Waals surface area contributed by atoms with Gasteiger partial charge in [-0.1, -0.05) is 0 Å². The van der Waals surface area contributed by atoms with E-state index in [2.05, 4.69) is 5.10 Å². The highest BCUT2D eigenvalue weighted by molar-refractivity contribution is 5.80. The van der Waals surface area contributed by atoms with Crippen molar-refractivity contribution in [3.05, 3.63) is 41.7 Å². The van der Waals surface area contributed by atoms with Crippen molar-refractivity contribution in [1.29, 1.82) is 0 Å². The van der Waals surface area contributed by atoms with Crippen molar-refractivity contribution in [1.82, 2.24) is 14.7 Å². The highest BCUT2D eigenvalue weighted by atomic mass is 16.5. The molecule has 0 saturated heterocycles. The molecule has 0 fully saturated rings. The highest BCUT2D eigenvalue weighted by Crippen LogP contribution is 2.32. The molecule has 1 amide bonds. The fourth-order valence-corrected chi connectivity index (χ4v) is 3.16. The monoisotopic (exact) mass is 329 g/mol. The smallest absolute Gasteiger partial charge is 0.247 e. The zero-order chi connectivity index (χ0) is 17.1. The summed E-state index contributed by atoms with van der Waals surface area (Å²) in [4.78, 5) is 14.7. The van der Waals surface area contributed by atoms with Crippen molar-refractivity contribution in [2.75, 3.05) is 27.3 Å². The Morgan fingerprint density at radius 1 is 1.12 bits per heavy atom. The number of methoxy groups -OCH3 is 2. The second kappa shape index (κ2) is 6.95. The van der Waals surface area contributed by atoms with Crippen molar-refractivity contribution in [3.63, 3.8) is 0 Å². The second-order valence-corrected chi connectivity index (χ2v) is 5.96. The Morgan fingerprint density at radius 2 is 1.71 bits per heavy atom. The van der Waals surface area contributed by atoms with Gasteiger partial charge in [-0.2, -0.15) is 5.10 Å². The average molecular weight is 329 g/mol. The third-order valence-electron chi connectivity index (χ3n) is 4.60. The summed E-state index contributed by atoms with van der Waals surface area (Å²) >= 11 is 0. The van der Waals surface area contributed by atoms with Crippen molar-refractivity contribution < 1.29 is 14.3 Å². The molecule has 0 spiro atoms. The van der Waals surface area contributed by atoms with Gasteiger partial charge in [-0.05, 0) is 49.1 Å². The van der Waals surface area contributed by atoms with E-state index >= 15 is 0 Å². The molecule has 128 valence electrons. The molecule has 0 radical (unpaired) electrons. The molecule has 0 bridgehead atoms. The summed E-state index contributed by atoms with van der Waals surface area (Å²) in [5, 5.41) is 4.18.